The molecule has 7 nitrogen and oxygen atoms in total. The van der Waals surface area contributed by atoms with E-state index in [0.717, 1.165) is 12.1 Å². The van der Waals surface area contributed by atoms with Crippen molar-refractivity contribution >= 4 is 33.2 Å². The van der Waals surface area contributed by atoms with Gasteiger partial charge in [0.25, 0.3) is 5.91 Å². The second kappa shape index (κ2) is 9.88. The van der Waals surface area contributed by atoms with Crippen LogP contribution in [-0.2, 0) is 14.8 Å². The summed E-state index contributed by atoms with van der Waals surface area (Å²) in [7, 11) is -3.78. The zero-order valence-corrected chi connectivity index (χ0v) is 19.1. The molecule has 1 aromatic carbocycles. The lowest BCUT2D eigenvalue weighted by molar-refractivity contribution is -0.134. The van der Waals surface area contributed by atoms with E-state index in [9.17, 15) is 22.4 Å². The number of sulfonamides is 1. The molecule has 2 amide bonds. The van der Waals surface area contributed by atoms with Crippen molar-refractivity contribution in [2.45, 2.75) is 31.2 Å². The van der Waals surface area contributed by atoms with Gasteiger partial charge in [-0.2, -0.15) is 4.31 Å². The van der Waals surface area contributed by atoms with Crippen LogP contribution in [0.1, 0.15) is 29.9 Å². The third-order valence-electron chi connectivity index (χ3n) is 5.18. The summed E-state index contributed by atoms with van der Waals surface area (Å²) < 4.78 is 40.3. The summed E-state index contributed by atoms with van der Waals surface area (Å²) in [6, 6.07) is 7.49. The molecule has 0 saturated carbocycles. The molecule has 1 atom stereocenters. The summed E-state index contributed by atoms with van der Waals surface area (Å²) in [5.74, 6) is -1.15. The molecule has 2 aromatic rings. The van der Waals surface area contributed by atoms with E-state index in [-0.39, 0.29) is 42.3 Å². The third-order valence-corrected chi connectivity index (χ3v) is 7.96. The van der Waals surface area contributed by atoms with Crippen molar-refractivity contribution in [1.29, 1.82) is 0 Å². The largest absolute Gasteiger partial charge is 0.340 e. The van der Waals surface area contributed by atoms with Crippen LogP contribution in [-0.4, -0.2) is 61.7 Å². The Bertz CT molecular complexity index is 1010. The maximum absolute atomic E-state index is 13.2. The summed E-state index contributed by atoms with van der Waals surface area (Å²) in [6.45, 7) is 4.73. The van der Waals surface area contributed by atoms with Crippen molar-refractivity contribution in [1.82, 2.24) is 14.5 Å². The van der Waals surface area contributed by atoms with Crippen LogP contribution in [0.2, 0.25) is 0 Å². The summed E-state index contributed by atoms with van der Waals surface area (Å²) in [5.41, 5.74) is 0. The lowest BCUT2D eigenvalue weighted by Crippen LogP contribution is -2.52. The molecule has 1 aliphatic rings. The average molecular weight is 468 g/mol. The van der Waals surface area contributed by atoms with Gasteiger partial charge in [0.1, 0.15) is 11.9 Å². The monoisotopic (exact) mass is 467 g/mol. The normalized spacial score (nSPS) is 16.7. The van der Waals surface area contributed by atoms with Crippen molar-refractivity contribution in [2.75, 3.05) is 26.2 Å². The molecule has 2 heterocycles. The fourth-order valence-electron chi connectivity index (χ4n) is 3.44. The van der Waals surface area contributed by atoms with Crippen LogP contribution in [0, 0.1) is 11.7 Å². The van der Waals surface area contributed by atoms with Gasteiger partial charge in [-0.1, -0.05) is 19.9 Å². The number of nitrogens with zero attached hydrogens (tertiary/aromatic N) is 2. The van der Waals surface area contributed by atoms with Gasteiger partial charge in [-0.25, -0.2) is 12.8 Å². The molecule has 0 radical (unpaired) electrons. The van der Waals surface area contributed by atoms with Gasteiger partial charge in [0, 0.05) is 26.2 Å². The minimum Gasteiger partial charge on any atom is -0.340 e. The van der Waals surface area contributed by atoms with Crippen molar-refractivity contribution in [3.63, 3.8) is 0 Å². The molecule has 1 N–H and O–H groups in total. The number of amides is 2. The van der Waals surface area contributed by atoms with Crippen LogP contribution in [0.15, 0.2) is 46.7 Å². The fourth-order valence-corrected chi connectivity index (χ4v) is 5.54. The van der Waals surface area contributed by atoms with Crippen LogP contribution in [0.25, 0.3) is 0 Å². The lowest BCUT2D eigenvalue weighted by atomic mass is 10.0. The molecule has 3 rings (SSSR count). The van der Waals surface area contributed by atoms with E-state index in [2.05, 4.69) is 5.32 Å². The van der Waals surface area contributed by atoms with Crippen molar-refractivity contribution in [2.24, 2.45) is 5.92 Å². The Morgan fingerprint density at radius 1 is 1.06 bits per heavy atom. The van der Waals surface area contributed by atoms with Gasteiger partial charge in [0.2, 0.25) is 15.9 Å². The topological polar surface area (TPSA) is 86.8 Å². The zero-order valence-electron chi connectivity index (χ0n) is 17.5. The third kappa shape index (κ3) is 5.50. The molecule has 10 heteroatoms. The van der Waals surface area contributed by atoms with Crippen LogP contribution >= 0.6 is 11.3 Å². The quantitative estimate of drug-likeness (QED) is 0.708. The number of hydrogen-bond donors (Lipinski definition) is 1. The smallest absolute Gasteiger partial charge is 0.262 e. The second-order valence-electron chi connectivity index (χ2n) is 7.71. The fraction of sp³-hybridized carbons (Fsp3) is 0.429. The number of thiophene rings is 1. The second-order valence-corrected chi connectivity index (χ2v) is 10.6. The van der Waals surface area contributed by atoms with Crippen molar-refractivity contribution in [3.05, 3.63) is 52.5 Å². The van der Waals surface area contributed by atoms with E-state index in [0.29, 0.717) is 17.8 Å². The Kier molecular flexibility index (Phi) is 7.45. The first-order chi connectivity index (χ1) is 14.7. The summed E-state index contributed by atoms with van der Waals surface area (Å²) in [5, 5.41) is 4.62. The Hall–Kier alpha value is -2.30. The maximum Gasteiger partial charge on any atom is 0.262 e. The molecule has 1 aliphatic heterocycles. The highest BCUT2D eigenvalue weighted by atomic mass is 32.2. The van der Waals surface area contributed by atoms with E-state index in [4.69, 9.17) is 0 Å². The first-order valence-electron chi connectivity index (χ1n) is 10.1. The number of carbonyl (C=O) groups excluding carboxylic acids is 2. The van der Waals surface area contributed by atoms with Gasteiger partial charge >= 0.3 is 0 Å². The van der Waals surface area contributed by atoms with E-state index in [1.165, 1.54) is 27.8 Å². The Labute approximate surface area is 185 Å². The highest BCUT2D eigenvalue weighted by Crippen LogP contribution is 2.19. The van der Waals surface area contributed by atoms with Crippen molar-refractivity contribution in [3.8, 4) is 0 Å². The van der Waals surface area contributed by atoms with Crippen LogP contribution < -0.4 is 5.32 Å². The first kappa shape index (κ1) is 23.4. The highest BCUT2D eigenvalue weighted by Gasteiger charge is 2.32. The molecule has 0 bridgehead atoms. The Morgan fingerprint density at radius 3 is 2.39 bits per heavy atom. The van der Waals surface area contributed by atoms with Crippen molar-refractivity contribution < 1.29 is 22.4 Å². The van der Waals surface area contributed by atoms with Crippen LogP contribution in [0.4, 0.5) is 4.39 Å². The number of hydrogen-bond acceptors (Lipinski definition) is 5. The number of carbonyl (C=O) groups is 2. The van der Waals surface area contributed by atoms with E-state index >= 15 is 0 Å². The van der Waals surface area contributed by atoms with E-state index in [1.54, 1.807) is 22.4 Å². The summed E-state index contributed by atoms with van der Waals surface area (Å²) in [6.07, 6.45) is 0.468. The van der Waals surface area contributed by atoms with Gasteiger partial charge in [0.15, 0.2) is 0 Å². The van der Waals surface area contributed by atoms with E-state index < -0.39 is 21.9 Å². The van der Waals surface area contributed by atoms with Gasteiger partial charge < -0.3 is 10.2 Å². The lowest BCUT2D eigenvalue weighted by Gasteiger charge is -2.29. The molecule has 0 aliphatic carbocycles. The zero-order chi connectivity index (χ0) is 22.6. The highest BCUT2D eigenvalue weighted by molar-refractivity contribution is 7.89. The Morgan fingerprint density at radius 2 is 1.77 bits per heavy atom. The molecule has 0 spiro atoms. The maximum atomic E-state index is 13.2. The molecule has 1 unspecified atom stereocenters. The van der Waals surface area contributed by atoms with Gasteiger partial charge in [-0.15, -0.1) is 11.3 Å². The molecule has 1 fully saturated rings. The SMILES string of the molecule is CC(C)C(NC(=O)c1cccs1)C(=O)N1CCCN(S(=O)(=O)c2ccc(F)cc2)CC1. The number of nitrogens with one attached hydrogen (secondary N) is 1. The molecular formula is C21H26FN3O4S2. The number of halogens is 1. The predicted octanol–water partition coefficient (Wildman–Crippen LogP) is 2.56. The molecule has 1 aromatic heterocycles. The minimum absolute atomic E-state index is 0.0249. The number of rotatable bonds is 6. The standard InChI is InChI=1S/C21H26FN3O4S2/c1-15(2)19(23-20(26)18-5-3-14-30-18)21(27)24-10-4-11-25(13-12-24)31(28,29)17-8-6-16(22)7-9-17/h3,5-9,14-15,19H,4,10-13H2,1-2H3,(H,23,26). The average Bonchev–Trinajstić information content (AvgIpc) is 3.15. The van der Waals surface area contributed by atoms with E-state index in [1.807, 2.05) is 13.8 Å². The summed E-state index contributed by atoms with van der Waals surface area (Å²) in [4.78, 5) is 27.8. The summed E-state index contributed by atoms with van der Waals surface area (Å²) >= 11 is 1.30. The first-order valence-corrected chi connectivity index (χ1v) is 12.4. The predicted molar refractivity (Wildman–Crippen MR) is 117 cm³/mol. The van der Waals surface area contributed by atoms with Gasteiger partial charge in [-0.05, 0) is 48.1 Å². The molecular weight excluding hydrogens is 441 g/mol. The molecule has 168 valence electrons. The number of benzene rings is 1. The minimum atomic E-state index is -3.78. The molecule has 1 saturated heterocycles. The van der Waals surface area contributed by atoms with Gasteiger partial charge in [-0.3, -0.25) is 9.59 Å². The Balaban J connectivity index is 1.69. The molecule has 31 heavy (non-hydrogen) atoms. The van der Waals surface area contributed by atoms with Crippen LogP contribution in [0.3, 0.4) is 0 Å². The van der Waals surface area contributed by atoms with Gasteiger partial charge in [0.05, 0.1) is 9.77 Å². The van der Waals surface area contributed by atoms with Crippen LogP contribution in [0.5, 0.6) is 0 Å².